The van der Waals surface area contributed by atoms with Crippen LogP contribution in [0.4, 0.5) is 10.5 Å². The summed E-state index contributed by atoms with van der Waals surface area (Å²) in [5, 5.41) is 3.29. The third kappa shape index (κ3) is 6.25. The van der Waals surface area contributed by atoms with Gasteiger partial charge in [-0.25, -0.2) is 0 Å². The molecule has 0 aliphatic carbocycles. The van der Waals surface area contributed by atoms with Gasteiger partial charge in [0.15, 0.2) is 6.61 Å². The van der Waals surface area contributed by atoms with E-state index in [0.717, 1.165) is 27.9 Å². The first-order valence-electron chi connectivity index (χ1n) is 10.6. The average Bonchev–Trinajstić information content (AvgIpc) is 3.08. The number of ether oxygens (including phenoxy) is 1. The van der Waals surface area contributed by atoms with Gasteiger partial charge in [0.1, 0.15) is 5.75 Å². The quantitative estimate of drug-likeness (QED) is 0.353. The Morgan fingerprint density at radius 2 is 1.86 bits per heavy atom. The number of amides is 3. The van der Waals surface area contributed by atoms with Crippen LogP contribution in [-0.4, -0.2) is 28.6 Å². The van der Waals surface area contributed by atoms with Gasteiger partial charge in [-0.2, -0.15) is 0 Å². The second kappa shape index (κ2) is 11.0. The summed E-state index contributed by atoms with van der Waals surface area (Å²) in [6.07, 6.45) is 1.62. The summed E-state index contributed by atoms with van der Waals surface area (Å²) < 4.78 is 5.62. The molecule has 35 heavy (non-hydrogen) atoms. The van der Waals surface area contributed by atoms with Gasteiger partial charge in [0.2, 0.25) is 0 Å². The van der Waals surface area contributed by atoms with Crippen molar-refractivity contribution >= 4 is 63.8 Å². The number of thioether (sulfide) groups is 1. The molecule has 1 saturated heterocycles. The molecule has 3 aromatic rings. The number of halogens is 2. The third-order valence-corrected chi connectivity index (χ3v) is 6.66. The molecule has 3 aromatic carbocycles. The van der Waals surface area contributed by atoms with Crippen molar-refractivity contribution in [2.45, 2.75) is 13.5 Å². The summed E-state index contributed by atoms with van der Waals surface area (Å²) in [5.74, 6) is -0.229. The maximum atomic E-state index is 12.9. The normalized spacial score (nSPS) is 14.5. The summed E-state index contributed by atoms with van der Waals surface area (Å²) in [7, 11) is 0. The fraction of sp³-hybridized carbons (Fsp3) is 0.115. The number of imide groups is 1. The Bertz CT molecular complexity index is 1340. The molecule has 1 heterocycles. The standard InChI is InChI=1S/C26H20Cl2N2O4S/c1-16-5-2-3-8-22(16)29-24(31)15-34-20-7-4-6-17(11-20)12-23-25(32)30(26(33)35-23)14-18-9-10-19(27)13-21(18)28/h2-13H,14-15H2,1H3,(H,29,31)/b23-12-. The zero-order valence-electron chi connectivity index (χ0n) is 18.6. The second-order valence-electron chi connectivity index (χ2n) is 7.73. The molecule has 0 radical (unpaired) electrons. The molecule has 3 amide bonds. The van der Waals surface area contributed by atoms with Gasteiger partial charge < -0.3 is 10.1 Å². The minimum atomic E-state index is -0.407. The van der Waals surface area contributed by atoms with Crippen LogP contribution in [0.1, 0.15) is 16.7 Å². The number of carbonyl (C=O) groups is 3. The van der Waals surface area contributed by atoms with Crippen molar-refractivity contribution in [2.75, 3.05) is 11.9 Å². The predicted molar refractivity (Wildman–Crippen MR) is 140 cm³/mol. The smallest absolute Gasteiger partial charge is 0.293 e. The number of carbonyl (C=O) groups excluding carboxylic acids is 3. The van der Waals surface area contributed by atoms with E-state index < -0.39 is 5.91 Å². The van der Waals surface area contributed by atoms with Gasteiger partial charge in [0, 0.05) is 15.7 Å². The topological polar surface area (TPSA) is 75.7 Å². The Morgan fingerprint density at radius 3 is 2.63 bits per heavy atom. The van der Waals surface area contributed by atoms with Crippen LogP contribution in [0, 0.1) is 6.92 Å². The van der Waals surface area contributed by atoms with Crippen LogP contribution in [0.25, 0.3) is 6.08 Å². The first-order chi connectivity index (χ1) is 16.8. The fourth-order valence-electron chi connectivity index (χ4n) is 3.35. The number of rotatable bonds is 7. The summed E-state index contributed by atoms with van der Waals surface area (Å²) in [6.45, 7) is 1.79. The van der Waals surface area contributed by atoms with Crippen LogP contribution < -0.4 is 10.1 Å². The molecule has 1 fully saturated rings. The van der Waals surface area contributed by atoms with E-state index in [1.807, 2.05) is 31.2 Å². The number of nitrogens with one attached hydrogen (secondary N) is 1. The lowest BCUT2D eigenvalue weighted by Gasteiger charge is -2.13. The van der Waals surface area contributed by atoms with Gasteiger partial charge in [-0.1, -0.05) is 59.6 Å². The summed E-state index contributed by atoms with van der Waals surface area (Å²) >= 11 is 13.0. The van der Waals surface area contributed by atoms with E-state index >= 15 is 0 Å². The van der Waals surface area contributed by atoms with E-state index in [1.165, 1.54) is 0 Å². The molecule has 0 aromatic heterocycles. The molecule has 0 bridgehead atoms. The molecule has 0 atom stereocenters. The lowest BCUT2D eigenvalue weighted by atomic mass is 10.2. The monoisotopic (exact) mass is 526 g/mol. The van der Waals surface area contributed by atoms with Crippen molar-refractivity contribution in [1.82, 2.24) is 4.90 Å². The Kier molecular flexibility index (Phi) is 7.80. The molecule has 1 N–H and O–H groups in total. The molecular weight excluding hydrogens is 507 g/mol. The number of hydrogen-bond donors (Lipinski definition) is 1. The number of anilines is 1. The number of para-hydroxylation sites is 1. The molecule has 178 valence electrons. The van der Waals surface area contributed by atoms with Gasteiger partial charge in [0.25, 0.3) is 17.1 Å². The second-order valence-corrected chi connectivity index (χ2v) is 9.56. The molecule has 0 saturated carbocycles. The molecular formula is C26H20Cl2N2O4S. The summed E-state index contributed by atoms with van der Waals surface area (Å²) in [4.78, 5) is 39.0. The van der Waals surface area contributed by atoms with E-state index in [4.69, 9.17) is 27.9 Å². The number of benzene rings is 3. The lowest BCUT2D eigenvalue weighted by molar-refractivity contribution is -0.123. The molecule has 1 aliphatic heterocycles. The highest BCUT2D eigenvalue weighted by Crippen LogP contribution is 2.35. The van der Waals surface area contributed by atoms with Gasteiger partial charge in [0.05, 0.1) is 11.4 Å². The van der Waals surface area contributed by atoms with Gasteiger partial charge in [-0.3, -0.25) is 19.3 Å². The SMILES string of the molecule is Cc1ccccc1NC(=O)COc1cccc(/C=C2\SC(=O)N(Cc3ccc(Cl)cc3Cl)C2=O)c1. The number of nitrogens with zero attached hydrogens (tertiary/aromatic N) is 1. The van der Waals surface area contributed by atoms with Crippen LogP contribution in [0.2, 0.25) is 10.0 Å². The highest BCUT2D eigenvalue weighted by Gasteiger charge is 2.35. The maximum Gasteiger partial charge on any atom is 0.293 e. The van der Waals surface area contributed by atoms with E-state index in [-0.39, 0.29) is 29.2 Å². The van der Waals surface area contributed by atoms with Crippen molar-refractivity contribution < 1.29 is 19.1 Å². The Morgan fingerprint density at radius 1 is 1.06 bits per heavy atom. The Labute approximate surface area is 216 Å². The van der Waals surface area contributed by atoms with Crippen molar-refractivity contribution in [3.8, 4) is 5.75 Å². The summed E-state index contributed by atoms with van der Waals surface area (Å²) in [6, 6.07) is 19.3. The van der Waals surface area contributed by atoms with Crippen molar-refractivity contribution in [1.29, 1.82) is 0 Å². The van der Waals surface area contributed by atoms with Crippen LogP contribution in [0.3, 0.4) is 0 Å². The Hall–Kier alpha value is -3.26. The average molecular weight is 527 g/mol. The van der Waals surface area contributed by atoms with Gasteiger partial charge in [-0.15, -0.1) is 0 Å². The van der Waals surface area contributed by atoms with Gasteiger partial charge in [-0.05, 0) is 71.8 Å². The minimum Gasteiger partial charge on any atom is -0.484 e. The highest BCUT2D eigenvalue weighted by molar-refractivity contribution is 8.18. The van der Waals surface area contributed by atoms with Crippen LogP contribution in [-0.2, 0) is 16.1 Å². The molecule has 1 aliphatic rings. The molecule has 0 spiro atoms. The van der Waals surface area contributed by atoms with Gasteiger partial charge >= 0.3 is 0 Å². The third-order valence-electron chi connectivity index (χ3n) is 5.16. The van der Waals surface area contributed by atoms with Crippen LogP contribution in [0.15, 0.2) is 71.6 Å². The first kappa shape index (κ1) is 24.9. The summed E-state index contributed by atoms with van der Waals surface area (Å²) in [5.41, 5.74) is 2.97. The maximum absolute atomic E-state index is 12.9. The largest absolute Gasteiger partial charge is 0.484 e. The molecule has 9 heteroatoms. The van der Waals surface area contributed by atoms with Crippen molar-refractivity contribution in [2.24, 2.45) is 0 Å². The predicted octanol–water partition coefficient (Wildman–Crippen LogP) is 6.56. The lowest BCUT2D eigenvalue weighted by Crippen LogP contribution is -2.27. The molecule has 6 nitrogen and oxygen atoms in total. The van der Waals surface area contributed by atoms with E-state index in [1.54, 1.807) is 48.5 Å². The molecule has 0 unspecified atom stereocenters. The number of aryl methyl sites for hydroxylation is 1. The zero-order chi connectivity index (χ0) is 24.9. The molecule has 4 rings (SSSR count). The van der Waals surface area contributed by atoms with Crippen LogP contribution >= 0.6 is 35.0 Å². The fourth-order valence-corrected chi connectivity index (χ4v) is 4.66. The van der Waals surface area contributed by atoms with Crippen LogP contribution in [0.5, 0.6) is 5.75 Å². The van der Waals surface area contributed by atoms with Crippen molar-refractivity contribution in [3.63, 3.8) is 0 Å². The number of hydrogen-bond acceptors (Lipinski definition) is 5. The Balaban J connectivity index is 1.40. The van der Waals surface area contributed by atoms with E-state index in [0.29, 0.717) is 26.9 Å². The van der Waals surface area contributed by atoms with E-state index in [9.17, 15) is 14.4 Å². The zero-order valence-corrected chi connectivity index (χ0v) is 20.9. The highest BCUT2D eigenvalue weighted by atomic mass is 35.5. The first-order valence-corrected chi connectivity index (χ1v) is 12.1. The van der Waals surface area contributed by atoms with E-state index in [2.05, 4.69) is 5.32 Å². The minimum absolute atomic E-state index is 0.0527. The van der Waals surface area contributed by atoms with Crippen molar-refractivity contribution in [3.05, 3.63) is 98.4 Å².